The standard InChI is InChI=1S/C24H30N4O8/c1-2-3-4-5-6-9-12-24(13-17(30)31)21(34)27-23(36)28(22(24)35)19(18(25)32)26-20(33)16-11-8-7-10-15(16)14-29/h7-8,10-11,14,19H,2-6,9,12-13H2,1H3,(H2,25,32)(H,26,33)(H,30,31)(H,27,34,36). The van der Waals surface area contributed by atoms with E-state index in [0.29, 0.717) is 19.1 Å². The second-order valence-electron chi connectivity index (χ2n) is 8.59. The van der Waals surface area contributed by atoms with E-state index in [0.717, 1.165) is 25.7 Å². The second-order valence-corrected chi connectivity index (χ2v) is 8.59. The smallest absolute Gasteiger partial charge is 0.332 e. The molecular formula is C24H30N4O8. The number of aliphatic carboxylic acids is 1. The van der Waals surface area contributed by atoms with Gasteiger partial charge in [-0.2, -0.15) is 0 Å². The average molecular weight is 503 g/mol. The van der Waals surface area contributed by atoms with Gasteiger partial charge in [0.1, 0.15) is 5.41 Å². The summed E-state index contributed by atoms with van der Waals surface area (Å²) in [6.45, 7) is 2.05. The van der Waals surface area contributed by atoms with Crippen LogP contribution in [0.5, 0.6) is 0 Å². The maximum Gasteiger partial charge on any atom is 0.332 e. The summed E-state index contributed by atoms with van der Waals surface area (Å²) in [4.78, 5) is 87.2. The number of unbranched alkanes of at least 4 members (excludes halogenated alkanes) is 5. The van der Waals surface area contributed by atoms with Crippen molar-refractivity contribution in [2.24, 2.45) is 11.1 Å². The van der Waals surface area contributed by atoms with Crippen molar-refractivity contribution in [1.82, 2.24) is 15.5 Å². The number of carboxylic acid groups (broad SMARTS) is 1. The van der Waals surface area contributed by atoms with E-state index in [4.69, 9.17) is 5.73 Å². The minimum atomic E-state index is -2.18. The Morgan fingerprint density at radius 1 is 1.11 bits per heavy atom. The van der Waals surface area contributed by atoms with Crippen LogP contribution in [0.3, 0.4) is 0 Å². The van der Waals surface area contributed by atoms with Crippen molar-refractivity contribution in [3.63, 3.8) is 0 Å². The van der Waals surface area contributed by atoms with E-state index in [9.17, 15) is 38.7 Å². The van der Waals surface area contributed by atoms with Crippen molar-refractivity contribution in [3.8, 4) is 0 Å². The van der Waals surface area contributed by atoms with Gasteiger partial charge in [0, 0.05) is 11.1 Å². The summed E-state index contributed by atoms with van der Waals surface area (Å²) in [5.74, 6) is -6.10. The number of imide groups is 2. The molecule has 0 bridgehead atoms. The molecule has 1 heterocycles. The van der Waals surface area contributed by atoms with Crippen LogP contribution in [-0.2, 0) is 19.2 Å². The van der Waals surface area contributed by atoms with Crippen LogP contribution in [0.15, 0.2) is 24.3 Å². The lowest BCUT2D eigenvalue weighted by Gasteiger charge is -2.41. The number of nitrogens with two attached hydrogens (primary N) is 1. The minimum absolute atomic E-state index is 0.0221. The first-order valence-electron chi connectivity index (χ1n) is 11.6. The van der Waals surface area contributed by atoms with Crippen LogP contribution in [0.4, 0.5) is 4.79 Å². The molecule has 1 saturated heterocycles. The summed E-state index contributed by atoms with van der Waals surface area (Å²) in [5, 5.41) is 13.5. The molecule has 0 radical (unpaired) electrons. The van der Waals surface area contributed by atoms with Crippen LogP contribution >= 0.6 is 0 Å². The Kier molecular flexibility index (Phi) is 9.83. The van der Waals surface area contributed by atoms with Gasteiger partial charge in [0.15, 0.2) is 12.5 Å². The summed E-state index contributed by atoms with van der Waals surface area (Å²) in [6.07, 6.45) is 1.95. The number of amides is 6. The van der Waals surface area contributed by atoms with Crippen molar-refractivity contribution in [2.45, 2.75) is 64.5 Å². The predicted molar refractivity (Wildman–Crippen MR) is 125 cm³/mol. The summed E-state index contributed by atoms with van der Waals surface area (Å²) in [5.41, 5.74) is 3.03. The lowest BCUT2D eigenvalue weighted by atomic mass is 9.75. The van der Waals surface area contributed by atoms with Gasteiger partial charge >= 0.3 is 12.0 Å². The molecule has 0 saturated carbocycles. The SMILES string of the molecule is CCCCCCCCC1(CC(=O)O)C(=O)NC(=O)N(C(NC(=O)c2ccccc2C=O)C(N)=O)C1=O. The lowest BCUT2D eigenvalue weighted by molar-refractivity contribution is -0.161. The molecule has 2 unspecified atom stereocenters. The quantitative estimate of drug-likeness (QED) is 0.166. The molecule has 12 heteroatoms. The third kappa shape index (κ3) is 6.32. The fourth-order valence-corrected chi connectivity index (χ4v) is 4.13. The van der Waals surface area contributed by atoms with E-state index in [1.54, 1.807) is 0 Å². The lowest BCUT2D eigenvalue weighted by Crippen LogP contribution is -2.71. The molecule has 2 atom stereocenters. The number of nitrogens with one attached hydrogen (secondary N) is 2. The fraction of sp³-hybridized carbons (Fsp3) is 0.458. The number of benzene rings is 1. The predicted octanol–water partition coefficient (Wildman–Crippen LogP) is 1.33. The normalized spacial score (nSPS) is 18.4. The van der Waals surface area contributed by atoms with Crippen molar-refractivity contribution in [1.29, 1.82) is 0 Å². The highest BCUT2D eigenvalue weighted by molar-refractivity contribution is 6.21. The first-order valence-corrected chi connectivity index (χ1v) is 11.6. The topological polar surface area (TPSA) is 193 Å². The van der Waals surface area contributed by atoms with Crippen LogP contribution in [0.2, 0.25) is 0 Å². The molecule has 2 rings (SSSR count). The molecule has 1 aromatic rings. The Hall–Kier alpha value is -4.09. The number of aldehydes is 1. The molecule has 12 nitrogen and oxygen atoms in total. The van der Waals surface area contributed by atoms with Gasteiger partial charge in [0.2, 0.25) is 11.8 Å². The van der Waals surface area contributed by atoms with Crippen molar-refractivity contribution >= 4 is 41.9 Å². The molecule has 194 valence electrons. The number of primary amides is 1. The van der Waals surface area contributed by atoms with Crippen LogP contribution < -0.4 is 16.4 Å². The third-order valence-corrected chi connectivity index (χ3v) is 6.04. The summed E-state index contributed by atoms with van der Waals surface area (Å²) in [6, 6.07) is 4.25. The van der Waals surface area contributed by atoms with E-state index >= 15 is 0 Å². The van der Waals surface area contributed by atoms with Crippen LogP contribution in [0.1, 0.15) is 79.0 Å². The van der Waals surface area contributed by atoms with E-state index < -0.39 is 53.6 Å². The molecule has 0 aliphatic carbocycles. The van der Waals surface area contributed by atoms with E-state index in [1.807, 2.05) is 12.2 Å². The van der Waals surface area contributed by atoms with Crippen LogP contribution in [-0.4, -0.2) is 58.1 Å². The van der Waals surface area contributed by atoms with Crippen LogP contribution in [0.25, 0.3) is 0 Å². The van der Waals surface area contributed by atoms with E-state index in [2.05, 4.69) is 5.32 Å². The molecule has 1 aliphatic heterocycles. The van der Waals surface area contributed by atoms with E-state index in [1.165, 1.54) is 24.3 Å². The van der Waals surface area contributed by atoms with Gasteiger partial charge in [-0.05, 0) is 12.5 Å². The van der Waals surface area contributed by atoms with Gasteiger partial charge < -0.3 is 16.2 Å². The molecule has 1 aliphatic rings. The molecule has 1 fully saturated rings. The molecule has 6 amide bonds. The molecule has 1 aromatic carbocycles. The first-order chi connectivity index (χ1) is 17.1. The van der Waals surface area contributed by atoms with Gasteiger partial charge in [-0.1, -0.05) is 63.6 Å². The number of rotatable bonds is 14. The highest BCUT2D eigenvalue weighted by Crippen LogP contribution is 2.36. The van der Waals surface area contributed by atoms with E-state index in [-0.39, 0.29) is 22.4 Å². The molecular weight excluding hydrogens is 472 g/mol. The van der Waals surface area contributed by atoms with Gasteiger partial charge in [0.05, 0.1) is 6.42 Å². The van der Waals surface area contributed by atoms with Gasteiger partial charge in [-0.25, -0.2) is 9.69 Å². The van der Waals surface area contributed by atoms with Crippen molar-refractivity contribution in [2.75, 3.05) is 0 Å². The number of nitrogens with zero attached hydrogens (tertiary/aromatic N) is 1. The Morgan fingerprint density at radius 3 is 2.36 bits per heavy atom. The number of hydrogen-bond donors (Lipinski definition) is 4. The molecule has 0 spiro atoms. The summed E-state index contributed by atoms with van der Waals surface area (Å²) in [7, 11) is 0. The zero-order chi connectivity index (χ0) is 26.9. The molecule has 0 aromatic heterocycles. The average Bonchev–Trinajstić information content (AvgIpc) is 2.83. The molecule has 36 heavy (non-hydrogen) atoms. The third-order valence-electron chi connectivity index (χ3n) is 6.04. The maximum atomic E-state index is 13.5. The number of barbiturate groups is 1. The Morgan fingerprint density at radius 2 is 1.75 bits per heavy atom. The first kappa shape index (κ1) is 28.1. The number of carbonyl (C=O) groups is 7. The molecule has 5 N–H and O–H groups in total. The zero-order valence-electron chi connectivity index (χ0n) is 20.0. The highest BCUT2D eigenvalue weighted by atomic mass is 16.4. The Bertz CT molecular complexity index is 1060. The zero-order valence-corrected chi connectivity index (χ0v) is 20.0. The Labute approximate surface area is 207 Å². The Balaban J connectivity index is 2.37. The number of hydrogen-bond acceptors (Lipinski definition) is 7. The van der Waals surface area contributed by atoms with Gasteiger partial charge in [-0.15, -0.1) is 0 Å². The van der Waals surface area contributed by atoms with Gasteiger partial charge in [0.25, 0.3) is 11.8 Å². The van der Waals surface area contributed by atoms with Gasteiger partial charge in [-0.3, -0.25) is 34.1 Å². The minimum Gasteiger partial charge on any atom is -0.481 e. The summed E-state index contributed by atoms with van der Waals surface area (Å²) >= 11 is 0. The second kappa shape index (κ2) is 12.6. The van der Waals surface area contributed by atoms with Crippen LogP contribution in [0, 0.1) is 5.41 Å². The monoisotopic (exact) mass is 502 g/mol. The number of urea groups is 1. The van der Waals surface area contributed by atoms with Crippen molar-refractivity contribution < 1.29 is 38.7 Å². The maximum absolute atomic E-state index is 13.5. The number of carbonyl (C=O) groups excluding carboxylic acids is 6. The summed E-state index contributed by atoms with van der Waals surface area (Å²) < 4.78 is 0. The largest absolute Gasteiger partial charge is 0.481 e. The highest BCUT2D eigenvalue weighted by Gasteiger charge is 2.57. The fourth-order valence-electron chi connectivity index (χ4n) is 4.13. The number of carboxylic acids is 1. The van der Waals surface area contributed by atoms with Crippen molar-refractivity contribution in [3.05, 3.63) is 35.4 Å².